The lowest BCUT2D eigenvalue weighted by atomic mass is 10.1. The number of amides is 1. The van der Waals surface area contributed by atoms with E-state index in [1.165, 1.54) is 0 Å². The van der Waals surface area contributed by atoms with Crippen LogP contribution in [0.5, 0.6) is 5.75 Å². The first-order valence-electron chi connectivity index (χ1n) is 6.47. The van der Waals surface area contributed by atoms with Crippen LogP contribution in [0.2, 0.25) is 0 Å². The first-order chi connectivity index (χ1) is 8.78. The number of benzene rings is 1. The van der Waals surface area contributed by atoms with Gasteiger partial charge < -0.3 is 10.1 Å². The van der Waals surface area contributed by atoms with Gasteiger partial charge in [-0.05, 0) is 49.9 Å². The van der Waals surface area contributed by atoms with E-state index in [9.17, 15) is 4.79 Å². The fourth-order valence-electron chi connectivity index (χ4n) is 2.12. The highest BCUT2D eigenvalue weighted by Gasteiger charge is 2.13. The molecule has 0 spiro atoms. The van der Waals surface area contributed by atoms with E-state index in [2.05, 4.69) is 17.5 Å². The standard InChI is InChI=1S/C15H19NO2/c1-2-18-14-9-7-13(8-10-14)16-15(17)11-12-5-3-4-6-12/h3,5,7-10,12H,2,4,6,11H2,1H3,(H,16,17). The molecule has 0 bridgehead atoms. The van der Waals surface area contributed by atoms with Gasteiger partial charge in [0.2, 0.25) is 5.91 Å². The summed E-state index contributed by atoms with van der Waals surface area (Å²) in [4.78, 5) is 11.8. The first-order valence-corrected chi connectivity index (χ1v) is 6.47. The molecule has 1 aromatic carbocycles. The largest absolute Gasteiger partial charge is 0.494 e. The van der Waals surface area contributed by atoms with Crippen LogP contribution in [0.1, 0.15) is 26.2 Å². The zero-order valence-electron chi connectivity index (χ0n) is 10.7. The first kappa shape index (κ1) is 12.7. The monoisotopic (exact) mass is 245 g/mol. The molecular weight excluding hydrogens is 226 g/mol. The maximum absolute atomic E-state index is 11.8. The molecule has 2 rings (SSSR count). The molecular formula is C15H19NO2. The molecule has 1 atom stereocenters. The number of ether oxygens (including phenoxy) is 1. The summed E-state index contributed by atoms with van der Waals surface area (Å²) in [6, 6.07) is 7.48. The number of carbonyl (C=O) groups excluding carboxylic acids is 1. The molecule has 0 aromatic heterocycles. The van der Waals surface area contributed by atoms with Crippen molar-refractivity contribution in [3.8, 4) is 5.75 Å². The van der Waals surface area contributed by atoms with Gasteiger partial charge in [-0.3, -0.25) is 4.79 Å². The minimum atomic E-state index is 0.0794. The van der Waals surface area contributed by atoms with Crippen LogP contribution in [0.25, 0.3) is 0 Å². The highest BCUT2D eigenvalue weighted by molar-refractivity contribution is 5.91. The molecule has 1 unspecified atom stereocenters. The van der Waals surface area contributed by atoms with Gasteiger partial charge in [0.1, 0.15) is 5.75 Å². The third-order valence-electron chi connectivity index (χ3n) is 3.01. The summed E-state index contributed by atoms with van der Waals surface area (Å²) in [6.45, 7) is 2.60. The Balaban J connectivity index is 1.84. The lowest BCUT2D eigenvalue weighted by molar-refractivity contribution is -0.116. The van der Waals surface area contributed by atoms with Gasteiger partial charge in [0.25, 0.3) is 0 Å². The Morgan fingerprint density at radius 2 is 2.17 bits per heavy atom. The van der Waals surface area contributed by atoms with Crippen molar-refractivity contribution in [2.75, 3.05) is 11.9 Å². The lowest BCUT2D eigenvalue weighted by Crippen LogP contribution is -2.14. The summed E-state index contributed by atoms with van der Waals surface area (Å²) in [5, 5.41) is 2.91. The van der Waals surface area contributed by atoms with Crippen LogP contribution >= 0.6 is 0 Å². The highest BCUT2D eigenvalue weighted by atomic mass is 16.5. The van der Waals surface area contributed by atoms with Crippen molar-refractivity contribution in [1.82, 2.24) is 0 Å². The Labute approximate surface area is 108 Å². The fraction of sp³-hybridized carbons (Fsp3) is 0.400. The molecule has 3 heteroatoms. The van der Waals surface area contributed by atoms with Gasteiger partial charge in [-0.1, -0.05) is 12.2 Å². The van der Waals surface area contributed by atoms with Crippen molar-refractivity contribution in [1.29, 1.82) is 0 Å². The van der Waals surface area contributed by atoms with Crippen LogP contribution in [0, 0.1) is 5.92 Å². The molecule has 1 aliphatic carbocycles. The van der Waals surface area contributed by atoms with E-state index in [1.807, 2.05) is 31.2 Å². The smallest absolute Gasteiger partial charge is 0.224 e. The van der Waals surface area contributed by atoms with Gasteiger partial charge in [-0.15, -0.1) is 0 Å². The summed E-state index contributed by atoms with van der Waals surface area (Å²) >= 11 is 0. The van der Waals surface area contributed by atoms with Crippen molar-refractivity contribution in [3.05, 3.63) is 36.4 Å². The molecule has 0 heterocycles. The third kappa shape index (κ3) is 3.62. The van der Waals surface area contributed by atoms with Crippen molar-refractivity contribution < 1.29 is 9.53 Å². The Hall–Kier alpha value is -1.77. The third-order valence-corrected chi connectivity index (χ3v) is 3.01. The van der Waals surface area contributed by atoms with E-state index < -0.39 is 0 Å². The Morgan fingerprint density at radius 1 is 1.39 bits per heavy atom. The number of hydrogen-bond acceptors (Lipinski definition) is 2. The van der Waals surface area contributed by atoms with Crippen LogP contribution in [0.15, 0.2) is 36.4 Å². The summed E-state index contributed by atoms with van der Waals surface area (Å²) in [6.07, 6.45) is 7.05. The molecule has 1 N–H and O–H groups in total. The van der Waals surface area contributed by atoms with Gasteiger partial charge in [0.05, 0.1) is 6.61 Å². The summed E-state index contributed by atoms with van der Waals surface area (Å²) in [7, 11) is 0. The zero-order chi connectivity index (χ0) is 12.8. The molecule has 1 amide bonds. The highest BCUT2D eigenvalue weighted by Crippen LogP contribution is 2.21. The maximum Gasteiger partial charge on any atom is 0.224 e. The number of nitrogens with one attached hydrogen (secondary N) is 1. The van der Waals surface area contributed by atoms with E-state index in [1.54, 1.807) is 0 Å². The van der Waals surface area contributed by atoms with Crippen LogP contribution in [-0.4, -0.2) is 12.5 Å². The predicted molar refractivity (Wildman–Crippen MR) is 72.7 cm³/mol. The van der Waals surface area contributed by atoms with Crippen LogP contribution in [-0.2, 0) is 4.79 Å². The van der Waals surface area contributed by atoms with Crippen molar-refractivity contribution in [2.24, 2.45) is 5.92 Å². The minimum Gasteiger partial charge on any atom is -0.494 e. The molecule has 0 radical (unpaired) electrons. The number of allylic oxidation sites excluding steroid dienone is 2. The lowest BCUT2D eigenvalue weighted by Gasteiger charge is -2.09. The Morgan fingerprint density at radius 3 is 2.78 bits per heavy atom. The van der Waals surface area contributed by atoms with E-state index in [0.29, 0.717) is 18.9 Å². The van der Waals surface area contributed by atoms with Crippen molar-refractivity contribution in [2.45, 2.75) is 26.2 Å². The zero-order valence-corrected chi connectivity index (χ0v) is 10.7. The van der Waals surface area contributed by atoms with Crippen LogP contribution in [0.4, 0.5) is 5.69 Å². The molecule has 96 valence electrons. The van der Waals surface area contributed by atoms with E-state index >= 15 is 0 Å². The second-order valence-electron chi connectivity index (χ2n) is 4.48. The second-order valence-corrected chi connectivity index (χ2v) is 4.48. The molecule has 0 fully saturated rings. The van der Waals surface area contributed by atoms with Crippen molar-refractivity contribution >= 4 is 11.6 Å². The molecule has 3 nitrogen and oxygen atoms in total. The van der Waals surface area contributed by atoms with Crippen molar-refractivity contribution in [3.63, 3.8) is 0 Å². The Bertz CT molecular complexity index is 423. The molecule has 0 aliphatic heterocycles. The number of carbonyl (C=O) groups is 1. The van der Waals surface area contributed by atoms with E-state index in [4.69, 9.17) is 4.74 Å². The fourth-order valence-corrected chi connectivity index (χ4v) is 2.12. The number of rotatable bonds is 5. The Kier molecular flexibility index (Phi) is 4.40. The second kappa shape index (κ2) is 6.24. The summed E-state index contributed by atoms with van der Waals surface area (Å²) in [5.74, 6) is 1.32. The van der Waals surface area contributed by atoms with Gasteiger partial charge in [-0.2, -0.15) is 0 Å². The number of anilines is 1. The SMILES string of the molecule is CCOc1ccc(NC(=O)CC2C=CCC2)cc1. The molecule has 18 heavy (non-hydrogen) atoms. The van der Waals surface area contributed by atoms with Gasteiger partial charge >= 0.3 is 0 Å². The van der Waals surface area contributed by atoms with E-state index in [-0.39, 0.29) is 5.91 Å². The van der Waals surface area contributed by atoms with Gasteiger partial charge in [0.15, 0.2) is 0 Å². The molecule has 0 saturated heterocycles. The van der Waals surface area contributed by atoms with Crippen LogP contribution < -0.4 is 10.1 Å². The average molecular weight is 245 g/mol. The minimum absolute atomic E-state index is 0.0794. The predicted octanol–water partition coefficient (Wildman–Crippen LogP) is 3.38. The summed E-state index contributed by atoms with van der Waals surface area (Å²) < 4.78 is 5.35. The van der Waals surface area contributed by atoms with Gasteiger partial charge in [-0.25, -0.2) is 0 Å². The van der Waals surface area contributed by atoms with E-state index in [0.717, 1.165) is 24.3 Å². The number of hydrogen-bond donors (Lipinski definition) is 1. The van der Waals surface area contributed by atoms with Gasteiger partial charge in [0, 0.05) is 12.1 Å². The molecule has 1 aliphatic rings. The quantitative estimate of drug-likeness (QED) is 0.808. The topological polar surface area (TPSA) is 38.3 Å². The molecule has 1 aromatic rings. The molecule has 0 saturated carbocycles. The normalized spacial score (nSPS) is 17.7. The maximum atomic E-state index is 11.8. The average Bonchev–Trinajstić information content (AvgIpc) is 2.84. The van der Waals surface area contributed by atoms with Crippen LogP contribution in [0.3, 0.4) is 0 Å². The summed E-state index contributed by atoms with van der Waals surface area (Å²) in [5.41, 5.74) is 0.824.